The van der Waals surface area contributed by atoms with Gasteiger partial charge < -0.3 is 4.98 Å². The second-order valence-electron chi connectivity index (χ2n) is 3.48. The number of aromatic nitrogens is 1. The highest BCUT2D eigenvalue weighted by atomic mass is 19.1. The quantitative estimate of drug-likeness (QED) is 0.822. The third-order valence-corrected chi connectivity index (χ3v) is 2.43. The van der Waals surface area contributed by atoms with E-state index in [1.165, 1.54) is 12.1 Å². The molecular formula is C13H11FNO. The molecule has 1 aromatic carbocycles. The standard InChI is InChI=1S/C13H11FNO/c1-2-9-7-15-8-12(13(9)16)10-4-3-5-11(14)6-10/h3-8H,1-2H2,(H,15,16). The summed E-state index contributed by atoms with van der Waals surface area (Å²) in [5.41, 5.74) is 1.55. The predicted molar refractivity (Wildman–Crippen MR) is 61.5 cm³/mol. The average Bonchev–Trinajstić information content (AvgIpc) is 2.29. The lowest BCUT2D eigenvalue weighted by atomic mass is 10.0. The first kappa shape index (κ1) is 10.6. The Morgan fingerprint density at radius 3 is 2.81 bits per heavy atom. The third kappa shape index (κ3) is 1.89. The minimum atomic E-state index is -0.350. The van der Waals surface area contributed by atoms with Crippen LogP contribution in [0.15, 0.2) is 41.5 Å². The summed E-state index contributed by atoms with van der Waals surface area (Å²) < 4.78 is 13.0. The molecular weight excluding hydrogens is 205 g/mol. The van der Waals surface area contributed by atoms with Crippen molar-refractivity contribution >= 4 is 0 Å². The maximum atomic E-state index is 13.0. The Bertz CT molecular complexity index is 560. The van der Waals surface area contributed by atoms with E-state index in [2.05, 4.69) is 11.9 Å². The number of halogens is 1. The largest absolute Gasteiger partial charge is 0.367 e. The number of aromatic amines is 1. The van der Waals surface area contributed by atoms with Gasteiger partial charge in [-0.1, -0.05) is 12.1 Å². The average molecular weight is 216 g/mol. The highest BCUT2D eigenvalue weighted by molar-refractivity contribution is 5.62. The van der Waals surface area contributed by atoms with Crippen LogP contribution < -0.4 is 5.43 Å². The van der Waals surface area contributed by atoms with Crippen molar-refractivity contribution in [3.8, 4) is 11.1 Å². The number of benzene rings is 1. The molecule has 0 spiro atoms. The van der Waals surface area contributed by atoms with E-state index in [4.69, 9.17) is 0 Å². The second kappa shape index (κ2) is 4.31. The summed E-state index contributed by atoms with van der Waals surface area (Å²) in [5.74, 6) is -0.350. The van der Waals surface area contributed by atoms with E-state index in [9.17, 15) is 9.18 Å². The first-order valence-electron chi connectivity index (χ1n) is 4.97. The molecule has 2 rings (SSSR count). The van der Waals surface area contributed by atoms with Gasteiger partial charge in [0.1, 0.15) is 5.82 Å². The Morgan fingerprint density at radius 2 is 2.12 bits per heavy atom. The van der Waals surface area contributed by atoms with Crippen LogP contribution >= 0.6 is 0 Å². The van der Waals surface area contributed by atoms with Gasteiger partial charge in [-0.3, -0.25) is 4.79 Å². The van der Waals surface area contributed by atoms with E-state index in [0.29, 0.717) is 23.1 Å². The van der Waals surface area contributed by atoms with Gasteiger partial charge in [-0.25, -0.2) is 4.39 Å². The molecule has 1 aromatic heterocycles. The summed E-state index contributed by atoms with van der Waals surface area (Å²) in [5, 5.41) is 0. The molecule has 0 bridgehead atoms. The van der Waals surface area contributed by atoms with E-state index in [1.807, 2.05) is 0 Å². The Morgan fingerprint density at radius 1 is 1.31 bits per heavy atom. The maximum Gasteiger partial charge on any atom is 0.192 e. The van der Waals surface area contributed by atoms with E-state index in [-0.39, 0.29) is 11.2 Å². The molecule has 1 radical (unpaired) electrons. The normalized spacial score (nSPS) is 10.4. The molecule has 0 aliphatic rings. The fourth-order valence-electron chi connectivity index (χ4n) is 1.59. The predicted octanol–water partition coefficient (Wildman–Crippen LogP) is 2.56. The molecule has 3 heteroatoms. The zero-order valence-corrected chi connectivity index (χ0v) is 8.66. The van der Waals surface area contributed by atoms with Crippen LogP contribution in [0.3, 0.4) is 0 Å². The fourth-order valence-corrected chi connectivity index (χ4v) is 1.59. The highest BCUT2D eigenvalue weighted by Gasteiger charge is 2.06. The van der Waals surface area contributed by atoms with Crippen molar-refractivity contribution in [3.63, 3.8) is 0 Å². The smallest absolute Gasteiger partial charge is 0.192 e. The molecule has 0 fully saturated rings. The van der Waals surface area contributed by atoms with Gasteiger partial charge >= 0.3 is 0 Å². The Balaban J connectivity index is 2.61. The van der Waals surface area contributed by atoms with Crippen LogP contribution in [0.5, 0.6) is 0 Å². The Hall–Kier alpha value is -1.90. The van der Waals surface area contributed by atoms with Gasteiger partial charge in [-0.2, -0.15) is 0 Å². The molecule has 0 unspecified atom stereocenters. The summed E-state index contributed by atoms with van der Waals surface area (Å²) in [7, 11) is 0. The molecule has 16 heavy (non-hydrogen) atoms. The van der Waals surface area contributed by atoms with Gasteiger partial charge in [-0.15, -0.1) is 0 Å². The minimum absolute atomic E-state index is 0.0978. The first-order chi connectivity index (χ1) is 7.72. The summed E-state index contributed by atoms with van der Waals surface area (Å²) in [6.45, 7) is 3.68. The topological polar surface area (TPSA) is 32.9 Å². The number of hydrogen-bond donors (Lipinski definition) is 1. The molecule has 0 aliphatic heterocycles. The molecule has 81 valence electrons. The SMILES string of the molecule is [CH2]Cc1c[nH]cc(-c2cccc(F)c2)c1=O. The summed E-state index contributed by atoms with van der Waals surface area (Å²) in [6.07, 6.45) is 3.62. The lowest BCUT2D eigenvalue weighted by molar-refractivity contribution is 0.628. The molecule has 0 saturated heterocycles. The van der Waals surface area contributed by atoms with Crippen LogP contribution in [0.4, 0.5) is 4.39 Å². The van der Waals surface area contributed by atoms with Gasteiger partial charge in [0.15, 0.2) is 5.43 Å². The van der Waals surface area contributed by atoms with Crippen molar-refractivity contribution in [2.45, 2.75) is 6.42 Å². The number of pyridine rings is 1. The van der Waals surface area contributed by atoms with Crippen molar-refractivity contribution in [3.05, 3.63) is 65.2 Å². The molecule has 2 nitrogen and oxygen atoms in total. The Kier molecular flexibility index (Phi) is 2.86. The van der Waals surface area contributed by atoms with Crippen LogP contribution in [0, 0.1) is 12.7 Å². The second-order valence-corrected chi connectivity index (χ2v) is 3.48. The lowest BCUT2D eigenvalue weighted by Gasteiger charge is -2.03. The van der Waals surface area contributed by atoms with E-state index in [1.54, 1.807) is 24.5 Å². The number of hydrogen-bond acceptors (Lipinski definition) is 1. The van der Waals surface area contributed by atoms with Crippen molar-refractivity contribution in [2.24, 2.45) is 0 Å². The van der Waals surface area contributed by atoms with Crippen molar-refractivity contribution in [1.82, 2.24) is 4.98 Å². The van der Waals surface area contributed by atoms with E-state index < -0.39 is 0 Å². The van der Waals surface area contributed by atoms with Crippen LogP contribution in [0.25, 0.3) is 11.1 Å². The van der Waals surface area contributed by atoms with Crippen LogP contribution in [-0.4, -0.2) is 4.98 Å². The lowest BCUT2D eigenvalue weighted by Crippen LogP contribution is -2.11. The van der Waals surface area contributed by atoms with Crippen LogP contribution in [-0.2, 0) is 6.42 Å². The van der Waals surface area contributed by atoms with Crippen LogP contribution in [0.2, 0.25) is 0 Å². The molecule has 0 aliphatic carbocycles. The van der Waals surface area contributed by atoms with Gasteiger partial charge in [-0.05, 0) is 31.0 Å². The van der Waals surface area contributed by atoms with Crippen molar-refractivity contribution in [2.75, 3.05) is 0 Å². The van der Waals surface area contributed by atoms with E-state index in [0.717, 1.165) is 0 Å². The van der Waals surface area contributed by atoms with Gasteiger partial charge in [0.2, 0.25) is 0 Å². The first-order valence-corrected chi connectivity index (χ1v) is 4.97. The molecule has 0 saturated carbocycles. The van der Waals surface area contributed by atoms with E-state index >= 15 is 0 Å². The number of nitrogens with one attached hydrogen (secondary N) is 1. The zero-order valence-electron chi connectivity index (χ0n) is 8.66. The van der Waals surface area contributed by atoms with Gasteiger partial charge in [0.25, 0.3) is 0 Å². The molecule has 0 amide bonds. The number of rotatable bonds is 2. The third-order valence-electron chi connectivity index (χ3n) is 2.43. The molecule has 1 heterocycles. The summed E-state index contributed by atoms with van der Waals surface area (Å²) in [4.78, 5) is 14.8. The molecule has 1 N–H and O–H groups in total. The maximum absolute atomic E-state index is 13.0. The summed E-state index contributed by atoms with van der Waals surface area (Å²) >= 11 is 0. The zero-order chi connectivity index (χ0) is 11.5. The molecule has 0 atom stereocenters. The molecule has 2 aromatic rings. The fraction of sp³-hybridized carbons (Fsp3) is 0.0769. The van der Waals surface area contributed by atoms with Gasteiger partial charge in [0, 0.05) is 23.5 Å². The van der Waals surface area contributed by atoms with Gasteiger partial charge in [0.05, 0.1) is 0 Å². The highest BCUT2D eigenvalue weighted by Crippen LogP contribution is 2.16. The minimum Gasteiger partial charge on any atom is -0.367 e. The van der Waals surface area contributed by atoms with Crippen molar-refractivity contribution in [1.29, 1.82) is 0 Å². The number of H-pyrrole nitrogens is 1. The van der Waals surface area contributed by atoms with Crippen LogP contribution in [0.1, 0.15) is 5.56 Å². The monoisotopic (exact) mass is 216 g/mol. The van der Waals surface area contributed by atoms with Crippen molar-refractivity contribution < 1.29 is 4.39 Å². The Labute approximate surface area is 92.8 Å². The summed E-state index contributed by atoms with van der Waals surface area (Å²) in [6, 6.07) is 5.99.